The second kappa shape index (κ2) is 10.2. The number of aliphatic hydroxyl groups is 1. The van der Waals surface area contributed by atoms with Gasteiger partial charge in [-0.3, -0.25) is 4.79 Å². The summed E-state index contributed by atoms with van der Waals surface area (Å²) in [6.45, 7) is 4.53. The molecule has 140 valence electrons. The third-order valence-electron chi connectivity index (χ3n) is 5.01. The van der Waals surface area contributed by atoms with Gasteiger partial charge in [0.1, 0.15) is 5.82 Å². The van der Waals surface area contributed by atoms with E-state index in [0.717, 1.165) is 10.9 Å². The zero-order valence-electron chi connectivity index (χ0n) is 15.2. The number of ketones is 1. The summed E-state index contributed by atoms with van der Waals surface area (Å²) < 4.78 is 0.800. The number of hydrogen-bond acceptors (Lipinski definition) is 5. The molecule has 1 fully saturated rings. The lowest BCUT2D eigenvalue weighted by molar-refractivity contribution is 0.101. The summed E-state index contributed by atoms with van der Waals surface area (Å²) in [6, 6.07) is 2.62. The van der Waals surface area contributed by atoms with Gasteiger partial charge >= 0.3 is 0 Å². The molecular formula is C19H30BrN3O2. The molecule has 3 N–H and O–H groups in total. The van der Waals surface area contributed by atoms with E-state index >= 15 is 0 Å². The van der Waals surface area contributed by atoms with Crippen LogP contribution in [0.1, 0.15) is 62.7 Å². The molecule has 0 bridgehead atoms. The van der Waals surface area contributed by atoms with Gasteiger partial charge in [-0.05, 0) is 54.1 Å². The van der Waals surface area contributed by atoms with Crippen molar-refractivity contribution in [3.63, 3.8) is 0 Å². The van der Waals surface area contributed by atoms with Crippen LogP contribution in [0.2, 0.25) is 0 Å². The Morgan fingerprint density at radius 3 is 2.76 bits per heavy atom. The number of nitrogens with zero attached hydrogens (tertiary/aromatic N) is 1. The Hall–Kier alpha value is -0.980. The highest BCUT2D eigenvalue weighted by atomic mass is 79.9. The van der Waals surface area contributed by atoms with Gasteiger partial charge in [0, 0.05) is 35.9 Å². The number of aliphatic hydroxyl groups excluding tert-OH is 1. The van der Waals surface area contributed by atoms with Crippen LogP contribution < -0.4 is 10.6 Å². The number of rotatable bonds is 9. The molecule has 1 aliphatic carbocycles. The summed E-state index contributed by atoms with van der Waals surface area (Å²) in [6.07, 6.45) is 8.96. The third kappa shape index (κ3) is 6.35. The van der Waals surface area contributed by atoms with Crippen LogP contribution in [0, 0.1) is 5.92 Å². The number of aromatic nitrogens is 1. The monoisotopic (exact) mass is 411 g/mol. The summed E-state index contributed by atoms with van der Waals surface area (Å²) in [5.74, 6) is 0.828. The van der Waals surface area contributed by atoms with E-state index in [1.54, 1.807) is 19.2 Å². The molecule has 25 heavy (non-hydrogen) atoms. The molecule has 2 rings (SSSR count). The first-order valence-corrected chi connectivity index (χ1v) is 10.1. The lowest BCUT2D eigenvalue weighted by Gasteiger charge is -2.31. The quantitative estimate of drug-likeness (QED) is 0.539. The molecule has 2 atom stereocenters. The van der Waals surface area contributed by atoms with Gasteiger partial charge in [0.2, 0.25) is 0 Å². The zero-order valence-corrected chi connectivity index (χ0v) is 16.8. The molecule has 6 heteroatoms. The van der Waals surface area contributed by atoms with Crippen LogP contribution in [-0.4, -0.2) is 41.1 Å². The number of anilines is 1. The molecule has 0 spiro atoms. The maximum atomic E-state index is 11.8. The summed E-state index contributed by atoms with van der Waals surface area (Å²) >= 11 is 3.36. The predicted octanol–water partition coefficient (Wildman–Crippen LogP) is 3.77. The number of halogens is 1. The minimum atomic E-state index is -0.00286. The van der Waals surface area contributed by atoms with Crippen molar-refractivity contribution >= 4 is 27.5 Å². The number of hydrogen-bond donors (Lipinski definition) is 3. The Morgan fingerprint density at radius 1 is 1.40 bits per heavy atom. The molecule has 2 unspecified atom stereocenters. The van der Waals surface area contributed by atoms with Crippen molar-refractivity contribution in [2.75, 3.05) is 18.5 Å². The first-order chi connectivity index (χ1) is 12.0. The van der Waals surface area contributed by atoms with E-state index in [0.29, 0.717) is 24.0 Å². The molecule has 0 amide bonds. The Morgan fingerprint density at radius 2 is 2.12 bits per heavy atom. The van der Waals surface area contributed by atoms with Gasteiger partial charge in [-0.2, -0.15) is 0 Å². The lowest BCUT2D eigenvalue weighted by Crippen LogP contribution is -2.44. The molecule has 1 aromatic heterocycles. The standard InChI is InChI=1S/C19H30BrN3O2/c1-13(12-24)18(23-16-6-4-3-5-7-16)8-9-21-19-17(14(2)25)10-15(20)11-22-19/h10-11,13,16,18,23-24H,3-9,12H2,1-2H3,(H,21,22). The maximum Gasteiger partial charge on any atom is 0.163 e. The molecule has 1 aliphatic rings. The van der Waals surface area contributed by atoms with Crippen LogP contribution in [-0.2, 0) is 0 Å². The minimum absolute atomic E-state index is 0.00286. The van der Waals surface area contributed by atoms with E-state index in [1.807, 2.05) is 0 Å². The molecule has 1 aromatic rings. The zero-order chi connectivity index (χ0) is 18.2. The summed E-state index contributed by atoms with van der Waals surface area (Å²) in [5.41, 5.74) is 0.598. The van der Waals surface area contributed by atoms with E-state index in [-0.39, 0.29) is 24.3 Å². The normalized spacial score (nSPS) is 17.9. The van der Waals surface area contributed by atoms with Gasteiger partial charge in [-0.25, -0.2) is 4.98 Å². The first kappa shape index (κ1) is 20.3. The van der Waals surface area contributed by atoms with Crippen LogP contribution >= 0.6 is 15.9 Å². The van der Waals surface area contributed by atoms with Crippen LogP contribution in [0.4, 0.5) is 5.82 Å². The van der Waals surface area contributed by atoms with Crippen molar-refractivity contribution in [3.05, 3.63) is 22.3 Å². The Labute approximate surface area is 159 Å². The smallest absolute Gasteiger partial charge is 0.163 e. The summed E-state index contributed by atoms with van der Waals surface area (Å²) in [4.78, 5) is 16.1. The van der Waals surface area contributed by atoms with E-state index in [4.69, 9.17) is 0 Å². The summed E-state index contributed by atoms with van der Waals surface area (Å²) in [5, 5.41) is 16.6. The number of Topliss-reactive ketones (excluding diaryl/α,β-unsaturated/α-hetero) is 1. The molecule has 0 radical (unpaired) electrons. The second-order valence-electron chi connectivity index (χ2n) is 7.09. The van der Waals surface area contributed by atoms with Crippen molar-refractivity contribution < 1.29 is 9.90 Å². The largest absolute Gasteiger partial charge is 0.396 e. The van der Waals surface area contributed by atoms with E-state index < -0.39 is 0 Å². The van der Waals surface area contributed by atoms with Crippen molar-refractivity contribution in [2.24, 2.45) is 5.92 Å². The van der Waals surface area contributed by atoms with Crippen LogP contribution in [0.15, 0.2) is 16.7 Å². The number of carbonyl (C=O) groups excluding carboxylic acids is 1. The first-order valence-electron chi connectivity index (χ1n) is 9.28. The van der Waals surface area contributed by atoms with E-state index in [1.165, 1.54) is 32.1 Å². The van der Waals surface area contributed by atoms with Crippen LogP contribution in [0.25, 0.3) is 0 Å². The SMILES string of the molecule is CC(=O)c1cc(Br)cnc1NCCC(NC1CCCCC1)C(C)CO. The van der Waals surface area contributed by atoms with Gasteiger partial charge in [0.15, 0.2) is 5.78 Å². The van der Waals surface area contributed by atoms with Gasteiger partial charge < -0.3 is 15.7 Å². The third-order valence-corrected chi connectivity index (χ3v) is 5.44. The van der Waals surface area contributed by atoms with Gasteiger partial charge in [0.25, 0.3) is 0 Å². The number of nitrogens with one attached hydrogen (secondary N) is 2. The Bertz CT molecular complexity index is 562. The van der Waals surface area contributed by atoms with Crippen LogP contribution in [0.5, 0.6) is 0 Å². The lowest BCUT2D eigenvalue weighted by atomic mass is 9.92. The highest BCUT2D eigenvalue weighted by Crippen LogP contribution is 2.21. The Balaban J connectivity index is 1.93. The molecule has 1 saturated carbocycles. The topological polar surface area (TPSA) is 74.2 Å². The fraction of sp³-hybridized carbons (Fsp3) is 0.684. The van der Waals surface area contributed by atoms with Crippen molar-refractivity contribution in [2.45, 2.75) is 64.5 Å². The average Bonchev–Trinajstić information content (AvgIpc) is 2.62. The van der Waals surface area contributed by atoms with E-state index in [9.17, 15) is 9.90 Å². The predicted molar refractivity (Wildman–Crippen MR) is 105 cm³/mol. The minimum Gasteiger partial charge on any atom is -0.396 e. The fourth-order valence-corrected chi connectivity index (χ4v) is 3.76. The number of pyridine rings is 1. The molecule has 1 heterocycles. The highest BCUT2D eigenvalue weighted by Gasteiger charge is 2.22. The molecule has 5 nitrogen and oxygen atoms in total. The van der Waals surface area contributed by atoms with Crippen molar-refractivity contribution in [3.8, 4) is 0 Å². The van der Waals surface area contributed by atoms with E-state index in [2.05, 4.69) is 38.5 Å². The second-order valence-corrected chi connectivity index (χ2v) is 8.00. The van der Waals surface area contributed by atoms with Gasteiger partial charge in [-0.15, -0.1) is 0 Å². The summed E-state index contributed by atoms with van der Waals surface area (Å²) in [7, 11) is 0. The average molecular weight is 412 g/mol. The molecule has 0 aromatic carbocycles. The fourth-order valence-electron chi connectivity index (χ4n) is 3.43. The molecular weight excluding hydrogens is 382 g/mol. The van der Waals surface area contributed by atoms with Gasteiger partial charge in [0.05, 0.1) is 5.56 Å². The van der Waals surface area contributed by atoms with Crippen LogP contribution in [0.3, 0.4) is 0 Å². The van der Waals surface area contributed by atoms with Crippen molar-refractivity contribution in [1.29, 1.82) is 0 Å². The van der Waals surface area contributed by atoms with Crippen molar-refractivity contribution in [1.82, 2.24) is 10.3 Å². The molecule has 0 aliphatic heterocycles. The molecule has 0 saturated heterocycles. The Kier molecular flexibility index (Phi) is 8.33. The maximum absolute atomic E-state index is 11.8. The number of carbonyl (C=O) groups is 1. The highest BCUT2D eigenvalue weighted by molar-refractivity contribution is 9.10. The van der Waals surface area contributed by atoms with Gasteiger partial charge in [-0.1, -0.05) is 26.2 Å².